The zero-order valence-electron chi connectivity index (χ0n) is 17.4. The molecule has 0 bridgehead atoms. The van der Waals surface area contributed by atoms with Crippen molar-refractivity contribution in [1.82, 2.24) is 14.5 Å². The number of hydrogen-bond acceptors (Lipinski definition) is 4. The molecule has 3 aromatic heterocycles. The molecule has 5 heteroatoms. The first kappa shape index (κ1) is 19.7. The molecule has 1 atom stereocenters. The van der Waals surface area contributed by atoms with Gasteiger partial charge in [-0.25, -0.2) is 0 Å². The van der Waals surface area contributed by atoms with Crippen molar-refractivity contribution in [1.29, 1.82) is 0 Å². The predicted octanol–water partition coefficient (Wildman–Crippen LogP) is 5.64. The first-order valence-corrected chi connectivity index (χ1v) is 10.8. The summed E-state index contributed by atoms with van der Waals surface area (Å²) >= 11 is 1.71. The van der Waals surface area contributed by atoms with Gasteiger partial charge < -0.3 is 14.2 Å². The van der Waals surface area contributed by atoms with Gasteiger partial charge in [-0.15, -0.1) is 0 Å². The van der Waals surface area contributed by atoms with Crippen LogP contribution in [0.2, 0.25) is 0 Å². The highest BCUT2D eigenvalue weighted by Gasteiger charge is 2.17. The van der Waals surface area contributed by atoms with Crippen LogP contribution >= 0.6 is 11.3 Å². The van der Waals surface area contributed by atoms with Crippen LogP contribution in [0.25, 0.3) is 33.2 Å². The van der Waals surface area contributed by atoms with Gasteiger partial charge in [-0.1, -0.05) is 19.1 Å². The molecule has 0 saturated carbocycles. The van der Waals surface area contributed by atoms with Gasteiger partial charge in [-0.05, 0) is 54.5 Å². The minimum Gasteiger partial charge on any atom is -0.495 e. The summed E-state index contributed by atoms with van der Waals surface area (Å²) in [5.41, 5.74) is 5.84. The molecule has 0 saturated heterocycles. The summed E-state index contributed by atoms with van der Waals surface area (Å²) in [6.45, 7) is 4.27. The first-order valence-electron chi connectivity index (χ1n) is 9.85. The molecule has 1 unspecified atom stereocenters. The number of para-hydroxylation sites is 1. The van der Waals surface area contributed by atoms with Crippen LogP contribution in [0.15, 0.2) is 59.7 Å². The fourth-order valence-corrected chi connectivity index (χ4v) is 4.72. The minimum atomic E-state index is 0.522. The van der Waals surface area contributed by atoms with Crippen molar-refractivity contribution in [3.05, 3.63) is 59.7 Å². The van der Waals surface area contributed by atoms with E-state index in [0.29, 0.717) is 5.92 Å². The summed E-state index contributed by atoms with van der Waals surface area (Å²) in [6.07, 6.45) is 6.15. The van der Waals surface area contributed by atoms with Crippen LogP contribution in [0.3, 0.4) is 0 Å². The first-order chi connectivity index (χ1) is 14.1. The Bertz CT molecular complexity index is 1100. The number of rotatable bonds is 7. The highest BCUT2D eigenvalue weighted by atomic mass is 32.1. The van der Waals surface area contributed by atoms with E-state index in [1.165, 1.54) is 16.5 Å². The van der Waals surface area contributed by atoms with Crippen LogP contribution < -0.4 is 4.74 Å². The lowest BCUT2D eigenvalue weighted by Gasteiger charge is -2.18. The second kappa shape index (κ2) is 8.39. The molecule has 3 heterocycles. The van der Waals surface area contributed by atoms with Crippen molar-refractivity contribution < 1.29 is 4.74 Å². The number of aromatic nitrogens is 2. The highest BCUT2D eigenvalue weighted by Crippen LogP contribution is 2.37. The van der Waals surface area contributed by atoms with E-state index in [0.717, 1.165) is 35.5 Å². The van der Waals surface area contributed by atoms with Gasteiger partial charge >= 0.3 is 0 Å². The zero-order valence-corrected chi connectivity index (χ0v) is 18.2. The monoisotopic (exact) mass is 405 g/mol. The second-order valence-electron chi connectivity index (χ2n) is 7.89. The van der Waals surface area contributed by atoms with E-state index in [9.17, 15) is 0 Å². The third kappa shape index (κ3) is 4.07. The molecule has 4 rings (SSSR count). The van der Waals surface area contributed by atoms with Crippen molar-refractivity contribution in [2.24, 2.45) is 5.92 Å². The van der Waals surface area contributed by atoms with Crippen LogP contribution in [0.1, 0.15) is 6.92 Å². The minimum absolute atomic E-state index is 0.522. The SMILES string of the molecule is COc1cccc2c(-c3cncc(-c4ccsc4)c3)cn(CC(C)CN(C)C)c12. The average Bonchev–Trinajstić information content (AvgIpc) is 3.36. The van der Waals surface area contributed by atoms with Gasteiger partial charge in [-0.3, -0.25) is 4.98 Å². The molecule has 0 aliphatic carbocycles. The third-order valence-corrected chi connectivity index (χ3v) is 5.85. The molecule has 0 spiro atoms. The van der Waals surface area contributed by atoms with Gasteiger partial charge in [0.25, 0.3) is 0 Å². The van der Waals surface area contributed by atoms with Gasteiger partial charge in [0.2, 0.25) is 0 Å². The molecule has 0 N–H and O–H groups in total. The molecule has 150 valence electrons. The smallest absolute Gasteiger partial charge is 0.143 e. The van der Waals surface area contributed by atoms with E-state index in [4.69, 9.17) is 4.74 Å². The van der Waals surface area contributed by atoms with Crippen LogP contribution in [0, 0.1) is 5.92 Å². The summed E-state index contributed by atoms with van der Waals surface area (Å²) in [5, 5.41) is 5.46. The summed E-state index contributed by atoms with van der Waals surface area (Å²) in [7, 11) is 5.99. The van der Waals surface area contributed by atoms with Crippen molar-refractivity contribution >= 4 is 22.2 Å². The fourth-order valence-electron chi connectivity index (χ4n) is 4.06. The van der Waals surface area contributed by atoms with Gasteiger partial charge in [-0.2, -0.15) is 11.3 Å². The lowest BCUT2D eigenvalue weighted by Crippen LogP contribution is -2.22. The molecule has 0 aliphatic rings. The maximum atomic E-state index is 5.72. The number of hydrogen-bond donors (Lipinski definition) is 0. The lowest BCUT2D eigenvalue weighted by atomic mass is 10.0. The van der Waals surface area contributed by atoms with Crippen molar-refractivity contribution in [3.63, 3.8) is 0 Å². The molecule has 0 amide bonds. The molecular formula is C24H27N3OS. The topological polar surface area (TPSA) is 30.3 Å². The van der Waals surface area contributed by atoms with Crippen molar-refractivity contribution in [2.75, 3.05) is 27.7 Å². The van der Waals surface area contributed by atoms with Gasteiger partial charge in [0.1, 0.15) is 5.75 Å². The Morgan fingerprint density at radius 1 is 1.14 bits per heavy atom. The Morgan fingerprint density at radius 3 is 2.69 bits per heavy atom. The van der Waals surface area contributed by atoms with E-state index in [1.54, 1.807) is 18.4 Å². The van der Waals surface area contributed by atoms with Crippen LogP contribution in [-0.4, -0.2) is 42.2 Å². The van der Waals surface area contributed by atoms with Gasteiger partial charge in [0.05, 0.1) is 12.6 Å². The molecule has 29 heavy (non-hydrogen) atoms. The van der Waals surface area contributed by atoms with E-state index >= 15 is 0 Å². The number of thiophene rings is 1. The Morgan fingerprint density at radius 2 is 1.97 bits per heavy atom. The lowest BCUT2D eigenvalue weighted by molar-refractivity contribution is 0.317. The Balaban J connectivity index is 1.82. The second-order valence-corrected chi connectivity index (χ2v) is 8.67. The summed E-state index contributed by atoms with van der Waals surface area (Å²) < 4.78 is 8.06. The third-order valence-electron chi connectivity index (χ3n) is 5.17. The molecular weight excluding hydrogens is 378 g/mol. The summed E-state index contributed by atoms with van der Waals surface area (Å²) in [5.74, 6) is 1.43. The number of methoxy groups -OCH3 is 1. The van der Waals surface area contributed by atoms with Crippen LogP contribution in [0.5, 0.6) is 5.75 Å². The number of benzene rings is 1. The number of fused-ring (bicyclic) bond motifs is 1. The molecule has 0 fully saturated rings. The summed E-state index contributed by atoms with van der Waals surface area (Å²) in [4.78, 5) is 6.77. The van der Waals surface area contributed by atoms with Gasteiger partial charge in [0.15, 0.2) is 0 Å². The van der Waals surface area contributed by atoms with Crippen LogP contribution in [0.4, 0.5) is 0 Å². The van der Waals surface area contributed by atoms with Crippen LogP contribution in [-0.2, 0) is 6.54 Å². The quantitative estimate of drug-likeness (QED) is 0.399. The van der Waals surface area contributed by atoms with E-state index in [-0.39, 0.29) is 0 Å². The van der Waals surface area contributed by atoms with Crippen molar-refractivity contribution in [3.8, 4) is 28.0 Å². The molecule has 4 nitrogen and oxygen atoms in total. The predicted molar refractivity (Wildman–Crippen MR) is 123 cm³/mol. The molecule has 1 aromatic carbocycles. The number of nitrogens with zero attached hydrogens (tertiary/aromatic N) is 3. The maximum absolute atomic E-state index is 5.72. The number of pyridine rings is 1. The standard InChI is InChI=1S/C24H27N3OS/c1-17(13-26(2)3)14-27-15-22(21-6-5-7-23(28-4)24(21)27)20-10-19(11-25-12-20)18-8-9-29-16-18/h5-12,15-17H,13-14H2,1-4H3. The molecule has 0 aliphatic heterocycles. The van der Waals surface area contributed by atoms with Crippen molar-refractivity contribution in [2.45, 2.75) is 13.5 Å². The average molecular weight is 406 g/mol. The zero-order chi connectivity index (χ0) is 20.4. The molecule has 0 radical (unpaired) electrons. The Hall–Kier alpha value is -2.63. The normalized spacial score (nSPS) is 12.6. The van der Waals surface area contributed by atoms with Gasteiger partial charge in [0, 0.05) is 53.8 Å². The summed E-state index contributed by atoms with van der Waals surface area (Å²) in [6, 6.07) is 10.7. The highest BCUT2D eigenvalue weighted by molar-refractivity contribution is 7.08. The largest absolute Gasteiger partial charge is 0.495 e. The fraction of sp³-hybridized carbons (Fsp3) is 0.292. The van der Waals surface area contributed by atoms with E-state index in [1.807, 2.05) is 18.5 Å². The Kier molecular flexibility index (Phi) is 5.69. The maximum Gasteiger partial charge on any atom is 0.143 e. The Labute approximate surface area is 176 Å². The van der Waals surface area contributed by atoms with E-state index in [2.05, 4.69) is 76.7 Å². The molecule has 4 aromatic rings. The number of ether oxygens (including phenoxy) is 1. The van der Waals surface area contributed by atoms with E-state index < -0.39 is 0 Å².